The molecule has 6 nitrogen and oxygen atoms in total. The fourth-order valence-corrected chi connectivity index (χ4v) is 3.05. The highest BCUT2D eigenvalue weighted by Gasteiger charge is 2.22. The maximum Gasteiger partial charge on any atom is 0.258 e. The van der Waals surface area contributed by atoms with Crippen LogP contribution in [0.2, 0.25) is 0 Å². The minimum absolute atomic E-state index is 0.156. The summed E-state index contributed by atoms with van der Waals surface area (Å²) in [7, 11) is 0. The molecule has 2 N–H and O–H groups in total. The van der Waals surface area contributed by atoms with E-state index in [1.165, 1.54) is 0 Å². The highest BCUT2D eigenvalue weighted by Crippen LogP contribution is 2.24. The molecule has 1 aromatic heterocycles. The van der Waals surface area contributed by atoms with Crippen LogP contribution in [0.25, 0.3) is 11.5 Å². The van der Waals surface area contributed by atoms with E-state index >= 15 is 0 Å². The lowest BCUT2D eigenvalue weighted by Gasteiger charge is -2.25. The molecule has 0 spiro atoms. The summed E-state index contributed by atoms with van der Waals surface area (Å²) in [6.07, 6.45) is 3.44. The number of hydrogen-bond donors (Lipinski definition) is 2. The van der Waals surface area contributed by atoms with Gasteiger partial charge in [-0.05, 0) is 44.2 Å². The highest BCUT2D eigenvalue weighted by atomic mass is 16.5. The second kappa shape index (κ2) is 6.91. The van der Waals surface area contributed by atoms with Crippen LogP contribution in [0.1, 0.15) is 41.9 Å². The lowest BCUT2D eigenvalue weighted by molar-refractivity contribution is 0.0874. The zero-order chi connectivity index (χ0) is 16.2. The Morgan fingerprint density at radius 3 is 2.96 bits per heavy atom. The molecule has 1 saturated carbocycles. The molecule has 2 aromatic rings. The SMILES string of the molecule is Cc1noc(-c2ccccc2C(=O)NCC2CCCC(O)C2)n1. The summed E-state index contributed by atoms with van der Waals surface area (Å²) in [4.78, 5) is 16.7. The topological polar surface area (TPSA) is 88.2 Å². The van der Waals surface area contributed by atoms with E-state index in [0.717, 1.165) is 25.7 Å². The van der Waals surface area contributed by atoms with Crippen molar-refractivity contribution in [2.45, 2.75) is 38.7 Å². The minimum Gasteiger partial charge on any atom is -0.393 e. The van der Waals surface area contributed by atoms with Gasteiger partial charge in [-0.3, -0.25) is 4.79 Å². The Balaban J connectivity index is 1.70. The molecule has 1 heterocycles. The van der Waals surface area contributed by atoms with Gasteiger partial charge < -0.3 is 14.9 Å². The molecule has 0 bridgehead atoms. The first-order chi connectivity index (χ1) is 11.1. The van der Waals surface area contributed by atoms with Gasteiger partial charge in [-0.1, -0.05) is 23.7 Å². The maximum atomic E-state index is 12.5. The van der Waals surface area contributed by atoms with Crippen molar-refractivity contribution in [1.29, 1.82) is 0 Å². The van der Waals surface area contributed by atoms with Crippen LogP contribution in [0, 0.1) is 12.8 Å². The van der Waals surface area contributed by atoms with Gasteiger partial charge in [-0.2, -0.15) is 4.98 Å². The average molecular weight is 315 g/mol. The largest absolute Gasteiger partial charge is 0.393 e. The first kappa shape index (κ1) is 15.7. The summed E-state index contributed by atoms with van der Waals surface area (Å²) in [5.41, 5.74) is 1.15. The number of nitrogens with one attached hydrogen (secondary N) is 1. The van der Waals surface area contributed by atoms with Crippen molar-refractivity contribution in [3.63, 3.8) is 0 Å². The first-order valence-corrected chi connectivity index (χ1v) is 7.99. The van der Waals surface area contributed by atoms with Crippen LogP contribution in [-0.2, 0) is 0 Å². The zero-order valence-corrected chi connectivity index (χ0v) is 13.2. The van der Waals surface area contributed by atoms with Gasteiger partial charge in [0.25, 0.3) is 11.8 Å². The predicted molar refractivity (Wildman–Crippen MR) is 84.8 cm³/mol. The number of amides is 1. The molecule has 1 amide bonds. The third-order valence-electron chi connectivity index (χ3n) is 4.24. The molecular weight excluding hydrogens is 294 g/mol. The molecule has 1 aliphatic carbocycles. The van der Waals surface area contributed by atoms with Crippen LogP contribution in [0.3, 0.4) is 0 Å². The summed E-state index contributed by atoms with van der Waals surface area (Å²) in [5, 5.41) is 16.5. The fourth-order valence-electron chi connectivity index (χ4n) is 3.05. The second-order valence-electron chi connectivity index (χ2n) is 6.09. The van der Waals surface area contributed by atoms with Crippen LogP contribution in [0.4, 0.5) is 0 Å². The second-order valence-corrected chi connectivity index (χ2v) is 6.09. The molecule has 1 aromatic carbocycles. The van der Waals surface area contributed by atoms with Gasteiger partial charge in [0, 0.05) is 6.54 Å². The average Bonchev–Trinajstić information content (AvgIpc) is 2.99. The summed E-state index contributed by atoms with van der Waals surface area (Å²) < 4.78 is 5.18. The Kier molecular flexibility index (Phi) is 4.71. The zero-order valence-electron chi connectivity index (χ0n) is 13.2. The van der Waals surface area contributed by atoms with Gasteiger partial charge in [-0.15, -0.1) is 0 Å². The van der Waals surface area contributed by atoms with Gasteiger partial charge in [0.2, 0.25) is 0 Å². The Morgan fingerprint density at radius 1 is 1.39 bits per heavy atom. The van der Waals surface area contributed by atoms with Crippen molar-refractivity contribution in [3.05, 3.63) is 35.7 Å². The number of hydrogen-bond acceptors (Lipinski definition) is 5. The van der Waals surface area contributed by atoms with E-state index in [1.54, 1.807) is 19.1 Å². The molecule has 1 fully saturated rings. The van der Waals surface area contributed by atoms with Crippen molar-refractivity contribution in [2.75, 3.05) is 6.54 Å². The van der Waals surface area contributed by atoms with Crippen LogP contribution >= 0.6 is 0 Å². The third kappa shape index (κ3) is 3.76. The normalized spacial score (nSPS) is 21.1. The van der Waals surface area contributed by atoms with Crippen molar-refractivity contribution in [2.24, 2.45) is 5.92 Å². The molecule has 3 rings (SSSR count). The standard InChI is InChI=1S/C17H21N3O3/c1-11-19-17(23-20-11)15-8-3-2-7-14(15)16(22)18-10-12-5-4-6-13(21)9-12/h2-3,7-8,12-13,21H,4-6,9-10H2,1H3,(H,18,22). The molecule has 2 unspecified atom stereocenters. The predicted octanol–water partition coefficient (Wildman–Crippen LogP) is 2.33. The highest BCUT2D eigenvalue weighted by molar-refractivity contribution is 5.99. The van der Waals surface area contributed by atoms with Gasteiger partial charge >= 0.3 is 0 Å². The van der Waals surface area contributed by atoms with Crippen molar-refractivity contribution in [1.82, 2.24) is 15.5 Å². The quantitative estimate of drug-likeness (QED) is 0.904. The molecule has 122 valence electrons. The number of aliphatic hydroxyl groups is 1. The number of nitrogens with zero attached hydrogens (tertiary/aromatic N) is 2. The van der Waals surface area contributed by atoms with E-state index in [2.05, 4.69) is 15.5 Å². The van der Waals surface area contributed by atoms with E-state index in [4.69, 9.17) is 4.52 Å². The van der Waals surface area contributed by atoms with E-state index in [0.29, 0.717) is 35.3 Å². The minimum atomic E-state index is -0.237. The third-order valence-corrected chi connectivity index (χ3v) is 4.24. The van der Waals surface area contributed by atoms with E-state index in [-0.39, 0.29) is 12.0 Å². The molecule has 0 saturated heterocycles. The van der Waals surface area contributed by atoms with Crippen molar-refractivity contribution < 1.29 is 14.4 Å². The number of rotatable bonds is 4. The lowest BCUT2D eigenvalue weighted by atomic mass is 9.87. The van der Waals surface area contributed by atoms with Gasteiger partial charge in [-0.25, -0.2) is 0 Å². The maximum absolute atomic E-state index is 12.5. The molecular formula is C17H21N3O3. The summed E-state index contributed by atoms with van der Waals surface area (Å²) in [5.74, 6) is 1.06. The van der Waals surface area contributed by atoms with E-state index < -0.39 is 0 Å². The number of aromatic nitrogens is 2. The van der Waals surface area contributed by atoms with E-state index in [1.807, 2.05) is 12.1 Å². The summed E-state index contributed by atoms with van der Waals surface area (Å²) >= 11 is 0. The summed E-state index contributed by atoms with van der Waals surface area (Å²) in [6, 6.07) is 7.20. The Morgan fingerprint density at radius 2 is 2.22 bits per heavy atom. The molecule has 6 heteroatoms. The lowest BCUT2D eigenvalue weighted by Crippen LogP contribution is -2.33. The van der Waals surface area contributed by atoms with Gasteiger partial charge in [0.05, 0.1) is 17.2 Å². The monoisotopic (exact) mass is 315 g/mol. The first-order valence-electron chi connectivity index (χ1n) is 7.99. The Labute approximate surface area is 134 Å². The number of benzene rings is 1. The summed E-state index contributed by atoms with van der Waals surface area (Å²) in [6.45, 7) is 2.32. The molecule has 23 heavy (non-hydrogen) atoms. The molecule has 0 aliphatic heterocycles. The fraction of sp³-hybridized carbons (Fsp3) is 0.471. The van der Waals surface area contributed by atoms with Crippen LogP contribution in [0.5, 0.6) is 0 Å². The van der Waals surface area contributed by atoms with Crippen LogP contribution in [0.15, 0.2) is 28.8 Å². The molecule has 0 radical (unpaired) electrons. The molecule has 1 aliphatic rings. The Bertz CT molecular complexity index is 683. The number of aryl methyl sites for hydroxylation is 1. The van der Waals surface area contributed by atoms with Crippen LogP contribution in [-0.4, -0.2) is 33.8 Å². The van der Waals surface area contributed by atoms with E-state index in [9.17, 15) is 9.90 Å². The Hall–Kier alpha value is -2.21. The van der Waals surface area contributed by atoms with Gasteiger partial charge in [0.15, 0.2) is 5.82 Å². The van der Waals surface area contributed by atoms with Crippen molar-refractivity contribution >= 4 is 5.91 Å². The number of carbonyl (C=O) groups is 1. The smallest absolute Gasteiger partial charge is 0.258 e. The molecule has 2 atom stereocenters. The van der Waals surface area contributed by atoms with Gasteiger partial charge in [0.1, 0.15) is 0 Å². The number of aliphatic hydroxyl groups excluding tert-OH is 1. The van der Waals surface area contributed by atoms with Crippen LogP contribution < -0.4 is 5.32 Å². The van der Waals surface area contributed by atoms with Crippen molar-refractivity contribution in [3.8, 4) is 11.5 Å². The number of carbonyl (C=O) groups excluding carboxylic acids is 1.